The number of imidazole rings is 1. The number of nitrogens with one attached hydrogen (secondary N) is 5. The van der Waals surface area contributed by atoms with E-state index < -0.39 is 60.1 Å². The Kier molecular flexibility index (Phi) is 11.4. The van der Waals surface area contributed by atoms with Gasteiger partial charge >= 0.3 is 5.97 Å². The van der Waals surface area contributed by atoms with E-state index in [0.29, 0.717) is 11.3 Å². The molecule has 2 aromatic heterocycles. The summed E-state index contributed by atoms with van der Waals surface area (Å²) in [6.45, 7) is -0.480. The Balaban J connectivity index is 1.35. The van der Waals surface area contributed by atoms with Crippen LogP contribution in [-0.2, 0) is 38.4 Å². The van der Waals surface area contributed by atoms with Gasteiger partial charge < -0.3 is 31.4 Å². The average Bonchev–Trinajstić information content (AvgIpc) is 3.77. The van der Waals surface area contributed by atoms with Crippen LogP contribution < -0.4 is 21.3 Å². The number of carboxylic acids is 1. The molecule has 5 rings (SSSR count). The highest BCUT2D eigenvalue weighted by atomic mass is 32.1. The fourth-order valence-electron chi connectivity index (χ4n) is 5.15. The number of fused-ring (bicyclic) bond motifs is 1. The first-order valence-corrected chi connectivity index (χ1v) is 16.2. The van der Waals surface area contributed by atoms with E-state index in [-0.39, 0.29) is 24.8 Å². The lowest BCUT2D eigenvalue weighted by molar-refractivity contribution is -0.142. The number of carbonyl (C=O) groups is 5. The van der Waals surface area contributed by atoms with E-state index >= 15 is 0 Å². The molecule has 0 aliphatic heterocycles. The lowest BCUT2D eigenvalue weighted by atomic mass is 10.0. The van der Waals surface area contributed by atoms with Crippen LogP contribution >= 0.6 is 11.3 Å². The fraction of sp³-hybridized carbons (Fsp3) is 0.200. The first kappa shape index (κ1) is 34.4. The Labute approximate surface area is 284 Å². The summed E-state index contributed by atoms with van der Waals surface area (Å²) in [7, 11) is 0. The van der Waals surface area contributed by atoms with Gasteiger partial charge in [0.15, 0.2) is 0 Å². The summed E-state index contributed by atoms with van der Waals surface area (Å²) in [5, 5.41) is 23.0. The van der Waals surface area contributed by atoms with Crippen LogP contribution in [0.1, 0.15) is 27.2 Å². The molecule has 3 atom stereocenters. The summed E-state index contributed by atoms with van der Waals surface area (Å²) in [6, 6.07) is 17.6. The van der Waals surface area contributed by atoms with Gasteiger partial charge in [-0.1, -0.05) is 48.5 Å². The predicted molar refractivity (Wildman–Crippen MR) is 180 cm³/mol. The van der Waals surface area contributed by atoms with Crippen molar-refractivity contribution in [1.29, 1.82) is 0 Å². The molecule has 0 spiro atoms. The zero-order valence-electron chi connectivity index (χ0n) is 26.0. The molecule has 49 heavy (non-hydrogen) atoms. The monoisotopic (exact) mass is 684 g/mol. The zero-order chi connectivity index (χ0) is 34.8. The molecule has 4 amide bonds. The first-order chi connectivity index (χ1) is 23.7. The quantitative estimate of drug-likeness (QED) is 0.0980. The van der Waals surface area contributed by atoms with Gasteiger partial charge in [0.05, 0.1) is 12.9 Å². The zero-order valence-corrected chi connectivity index (χ0v) is 26.8. The van der Waals surface area contributed by atoms with Gasteiger partial charge in [-0.3, -0.25) is 19.2 Å². The Hall–Kier alpha value is -5.89. The van der Waals surface area contributed by atoms with E-state index in [1.54, 1.807) is 30.3 Å². The van der Waals surface area contributed by atoms with Gasteiger partial charge in [0, 0.05) is 41.4 Å². The molecular formula is C35H33FN6O6S. The van der Waals surface area contributed by atoms with E-state index in [1.165, 1.54) is 36.0 Å². The topological polar surface area (TPSA) is 182 Å². The summed E-state index contributed by atoms with van der Waals surface area (Å²) in [5.74, 6) is -4.50. The molecule has 14 heteroatoms. The predicted octanol–water partition coefficient (Wildman–Crippen LogP) is 2.76. The van der Waals surface area contributed by atoms with E-state index in [9.17, 15) is 33.5 Å². The summed E-state index contributed by atoms with van der Waals surface area (Å²) in [4.78, 5) is 72.0. The van der Waals surface area contributed by atoms with E-state index in [4.69, 9.17) is 0 Å². The smallest absolute Gasteiger partial charge is 0.326 e. The van der Waals surface area contributed by atoms with Crippen LogP contribution in [0.4, 0.5) is 4.39 Å². The van der Waals surface area contributed by atoms with Crippen molar-refractivity contribution < 1.29 is 33.5 Å². The molecule has 0 aliphatic rings. The van der Waals surface area contributed by atoms with Crippen molar-refractivity contribution in [3.8, 4) is 0 Å². The van der Waals surface area contributed by atoms with Crippen LogP contribution in [0, 0.1) is 5.82 Å². The Bertz CT molecular complexity index is 1920. The fourth-order valence-corrected chi connectivity index (χ4v) is 6.12. The summed E-state index contributed by atoms with van der Waals surface area (Å²) < 4.78 is 14.3. The van der Waals surface area contributed by atoms with Crippen molar-refractivity contribution in [3.05, 3.63) is 125 Å². The summed E-state index contributed by atoms with van der Waals surface area (Å²) in [5.41, 5.74) is 2.13. The van der Waals surface area contributed by atoms with Crippen LogP contribution in [0.15, 0.2) is 96.8 Å². The summed E-state index contributed by atoms with van der Waals surface area (Å²) >= 11 is 1.48. The minimum atomic E-state index is -1.32. The number of halogens is 1. The van der Waals surface area contributed by atoms with Crippen LogP contribution in [0.2, 0.25) is 0 Å². The molecule has 0 aliphatic carbocycles. The number of carboxylic acid groups (broad SMARTS) is 1. The molecule has 6 N–H and O–H groups in total. The van der Waals surface area contributed by atoms with E-state index in [1.807, 2.05) is 29.6 Å². The minimum absolute atomic E-state index is 0.0323. The third kappa shape index (κ3) is 9.58. The Morgan fingerprint density at radius 1 is 0.796 bits per heavy atom. The van der Waals surface area contributed by atoms with Gasteiger partial charge in [0.25, 0.3) is 5.91 Å². The van der Waals surface area contributed by atoms with Crippen molar-refractivity contribution >= 4 is 51.0 Å². The molecule has 3 aromatic carbocycles. The molecule has 0 bridgehead atoms. The summed E-state index contributed by atoms with van der Waals surface area (Å²) in [6.07, 6.45) is 2.87. The SMILES string of the molecule is O=C(CNC(=O)c1ccc(F)cc1)N[C@@H](Cc1csc2ccccc12)C(=O)N[C@H](Cc1ccccc1)C(=O)N[C@@H](Cc1cnc[nH]1)C(=O)O. The highest BCUT2D eigenvalue weighted by Crippen LogP contribution is 2.26. The lowest BCUT2D eigenvalue weighted by Crippen LogP contribution is -2.57. The van der Waals surface area contributed by atoms with Gasteiger partial charge in [0.2, 0.25) is 17.7 Å². The Morgan fingerprint density at radius 2 is 1.47 bits per heavy atom. The lowest BCUT2D eigenvalue weighted by Gasteiger charge is -2.25. The first-order valence-electron chi connectivity index (χ1n) is 15.3. The molecule has 252 valence electrons. The number of amides is 4. The molecular weight excluding hydrogens is 651 g/mol. The standard InChI is InChI=1S/C35H33FN6O6S/c36-24-12-10-22(11-13-24)32(44)38-18-31(43)40-28(15-23-19-49-30-9-5-4-8-26(23)30)34(46)41-27(14-21-6-2-1-3-7-21)33(45)42-29(35(47)48)16-25-17-37-20-39-25/h1-13,17,19-20,27-29H,14-16,18H2,(H,37,39)(H,38,44)(H,40,43)(H,41,46)(H,42,45)(H,47,48)/t27-,28+,29+/m1/s1. The molecule has 0 saturated carbocycles. The third-order valence-electron chi connectivity index (χ3n) is 7.66. The van der Waals surface area contributed by atoms with Crippen molar-refractivity contribution in [2.45, 2.75) is 37.4 Å². The van der Waals surface area contributed by atoms with Crippen molar-refractivity contribution in [2.24, 2.45) is 0 Å². The largest absolute Gasteiger partial charge is 0.480 e. The van der Waals surface area contributed by atoms with Crippen molar-refractivity contribution in [1.82, 2.24) is 31.2 Å². The highest BCUT2D eigenvalue weighted by Gasteiger charge is 2.31. The van der Waals surface area contributed by atoms with Gasteiger partial charge in [0.1, 0.15) is 23.9 Å². The number of aromatic amines is 1. The molecule has 5 aromatic rings. The van der Waals surface area contributed by atoms with Crippen LogP contribution in [0.25, 0.3) is 10.1 Å². The second kappa shape index (κ2) is 16.3. The second-order valence-electron chi connectivity index (χ2n) is 11.2. The van der Waals surface area contributed by atoms with Gasteiger partial charge in [-0.05, 0) is 52.2 Å². The maximum absolute atomic E-state index is 14.0. The van der Waals surface area contributed by atoms with E-state index in [2.05, 4.69) is 31.2 Å². The average molecular weight is 685 g/mol. The number of aromatic nitrogens is 2. The number of aliphatic carboxylic acids is 1. The normalized spacial score (nSPS) is 12.8. The van der Waals surface area contributed by atoms with Gasteiger partial charge in [-0.25, -0.2) is 14.2 Å². The number of hydrogen-bond donors (Lipinski definition) is 6. The van der Waals surface area contributed by atoms with Gasteiger partial charge in [-0.15, -0.1) is 11.3 Å². The van der Waals surface area contributed by atoms with Crippen molar-refractivity contribution in [2.75, 3.05) is 6.54 Å². The Morgan fingerprint density at radius 3 is 2.16 bits per heavy atom. The number of nitrogens with zero attached hydrogens (tertiary/aromatic N) is 1. The minimum Gasteiger partial charge on any atom is -0.480 e. The second-order valence-corrected chi connectivity index (χ2v) is 12.1. The molecule has 0 saturated heterocycles. The number of rotatable bonds is 15. The van der Waals surface area contributed by atoms with Crippen LogP contribution in [0.5, 0.6) is 0 Å². The number of carbonyl (C=O) groups excluding carboxylic acids is 4. The molecule has 2 heterocycles. The number of hydrogen-bond acceptors (Lipinski definition) is 7. The highest BCUT2D eigenvalue weighted by molar-refractivity contribution is 7.17. The van der Waals surface area contributed by atoms with Gasteiger partial charge in [-0.2, -0.15) is 0 Å². The number of H-pyrrole nitrogens is 1. The van der Waals surface area contributed by atoms with Crippen LogP contribution in [0.3, 0.4) is 0 Å². The number of thiophene rings is 1. The van der Waals surface area contributed by atoms with E-state index in [0.717, 1.165) is 27.8 Å². The maximum atomic E-state index is 14.0. The molecule has 0 unspecified atom stereocenters. The molecule has 0 radical (unpaired) electrons. The van der Waals surface area contributed by atoms with Crippen LogP contribution in [-0.4, -0.2) is 69.3 Å². The number of benzene rings is 3. The molecule has 0 fully saturated rings. The third-order valence-corrected chi connectivity index (χ3v) is 8.67. The maximum Gasteiger partial charge on any atom is 0.326 e. The van der Waals surface area contributed by atoms with Crippen molar-refractivity contribution in [3.63, 3.8) is 0 Å². The molecule has 12 nitrogen and oxygen atoms in total.